The van der Waals surface area contributed by atoms with Gasteiger partial charge in [-0.15, -0.1) is 0 Å². The maximum atomic E-state index is 12.1. The van der Waals surface area contributed by atoms with Crippen molar-refractivity contribution in [3.63, 3.8) is 0 Å². The van der Waals surface area contributed by atoms with Crippen LogP contribution < -0.4 is 11.1 Å². The lowest BCUT2D eigenvalue weighted by Crippen LogP contribution is -2.31. The van der Waals surface area contributed by atoms with Crippen molar-refractivity contribution in [2.75, 3.05) is 5.73 Å². The molecule has 0 fully saturated rings. The van der Waals surface area contributed by atoms with Crippen molar-refractivity contribution in [3.05, 3.63) is 28.4 Å². The van der Waals surface area contributed by atoms with Crippen molar-refractivity contribution in [1.82, 2.24) is 20.3 Å². The molecule has 114 valence electrons. The van der Waals surface area contributed by atoms with E-state index in [9.17, 15) is 4.79 Å². The highest BCUT2D eigenvalue weighted by Crippen LogP contribution is 2.21. The van der Waals surface area contributed by atoms with E-state index in [0.717, 1.165) is 28.4 Å². The third-order valence-electron chi connectivity index (χ3n) is 3.63. The van der Waals surface area contributed by atoms with E-state index < -0.39 is 0 Å². The lowest BCUT2D eigenvalue weighted by atomic mass is 10.1. The van der Waals surface area contributed by atoms with Crippen molar-refractivity contribution >= 4 is 11.6 Å². The molecule has 0 radical (unpaired) electrons. The lowest BCUT2D eigenvalue weighted by Gasteiger charge is -2.14. The molecule has 0 aromatic carbocycles. The number of nitrogens with zero attached hydrogens (tertiary/aromatic N) is 3. The average molecular weight is 291 g/mol. The molecule has 3 N–H and O–H groups in total. The average Bonchev–Trinajstić information content (AvgIpc) is 2.85. The summed E-state index contributed by atoms with van der Waals surface area (Å²) in [6, 6.07) is -0.168. The molecule has 2 heterocycles. The molecule has 0 spiro atoms. The summed E-state index contributed by atoms with van der Waals surface area (Å²) in [6.45, 7) is 9.40. The van der Waals surface area contributed by atoms with E-state index in [-0.39, 0.29) is 18.5 Å². The number of carbonyl (C=O) groups is 1. The van der Waals surface area contributed by atoms with Gasteiger partial charge in [-0.3, -0.25) is 9.48 Å². The fourth-order valence-corrected chi connectivity index (χ4v) is 2.47. The van der Waals surface area contributed by atoms with Crippen molar-refractivity contribution in [1.29, 1.82) is 0 Å². The van der Waals surface area contributed by atoms with Crippen LogP contribution in [0.15, 0.2) is 4.52 Å². The number of amides is 1. The Labute approximate surface area is 123 Å². The first-order valence-electron chi connectivity index (χ1n) is 6.82. The van der Waals surface area contributed by atoms with Gasteiger partial charge in [0.2, 0.25) is 5.91 Å². The Morgan fingerprint density at radius 3 is 2.48 bits per heavy atom. The van der Waals surface area contributed by atoms with Gasteiger partial charge in [-0.2, -0.15) is 5.10 Å². The van der Waals surface area contributed by atoms with Gasteiger partial charge in [0, 0.05) is 5.56 Å². The largest absolute Gasteiger partial charge is 0.396 e. The van der Waals surface area contributed by atoms with Gasteiger partial charge in [-0.05, 0) is 34.6 Å². The summed E-state index contributed by atoms with van der Waals surface area (Å²) in [5.74, 6) is 0.587. The Balaban J connectivity index is 2.07. The van der Waals surface area contributed by atoms with Crippen LogP contribution in [0, 0.1) is 27.7 Å². The summed E-state index contributed by atoms with van der Waals surface area (Å²) in [5, 5.41) is 11.1. The second-order valence-corrected chi connectivity index (χ2v) is 5.27. The van der Waals surface area contributed by atoms with Gasteiger partial charge < -0.3 is 15.6 Å². The zero-order valence-electron chi connectivity index (χ0n) is 13.0. The summed E-state index contributed by atoms with van der Waals surface area (Å²) in [4.78, 5) is 12.1. The Bertz CT molecular complexity index is 652. The van der Waals surface area contributed by atoms with Gasteiger partial charge in [0.25, 0.3) is 0 Å². The molecule has 1 atom stereocenters. The fraction of sp³-hybridized carbons (Fsp3) is 0.500. The zero-order valence-corrected chi connectivity index (χ0v) is 13.0. The predicted octanol–water partition coefficient (Wildman–Crippen LogP) is 1.56. The Hall–Kier alpha value is -2.31. The molecule has 21 heavy (non-hydrogen) atoms. The van der Waals surface area contributed by atoms with E-state index in [0.29, 0.717) is 5.69 Å². The molecule has 2 aromatic heterocycles. The fourth-order valence-electron chi connectivity index (χ4n) is 2.47. The number of rotatable bonds is 4. The molecule has 2 rings (SSSR count). The summed E-state index contributed by atoms with van der Waals surface area (Å²) < 4.78 is 6.73. The second-order valence-electron chi connectivity index (χ2n) is 5.27. The summed E-state index contributed by atoms with van der Waals surface area (Å²) >= 11 is 0. The highest BCUT2D eigenvalue weighted by atomic mass is 16.5. The van der Waals surface area contributed by atoms with E-state index in [2.05, 4.69) is 15.6 Å². The molecule has 0 aliphatic rings. The molecule has 2 aromatic rings. The van der Waals surface area contributed by atoms with Crippen LogP contribution in [0.25, 0.3) is 0 Å². The van der Waals surface area contributed by atoms with E-state index in [4.69, 9.17) is 10.3 Å². The van der Waals surface area contributed by atoms with Crippen LogP contribution in [0.5, 0.6) is 0 Å². The normalized spacial score (nSPS) is 12.4. The van der Waals surface area contributed by atoms with E-state index in [1.165, 1.54) is 0 Å². The molecule has 7 nitrogen and oxygen atoms in total. The van der Waals surface area contributed by atoms with Gasteiger partial charge >= 0.3 is 0 Å². The van der Waals surface area contributed by atoms with Crippen LogP contribution >= 0.6 is 0 Å². The number of anilines is 1. The molecule has 0 aliphatic carbocycles. The van der Waals surface area contributed by atoms with E-state index >= 15 is 0 Å². The number of aromatic nitrogens is 3. The van der Waals surface area contributed by atoms with Crippen LogP contribution in [0.3, 0.4) is 0 Å². The molecule has 1 unspecified atom stereocenters. The minimum Gasteiger partial charge on any atom is -0.396 e. The zero-order chi connectivity index (χ0) is 15.7. The van der Waals surface area contributed by atoms with E-state index in [1.807, 2.05) is 34.6 Å². The minimum absolute atomic E-state index is 0.131. The standard InChI is InChI=1S/C14H21N5O2/c1-7(13-8(2)18-21-11(13)5)16-12(20)6-19-10(4)14(15)9(3)17-19/h7H,6,15H2,1-5H3,(H,16,20). The Morgan fingerprint density at radius 2 is 2.00 bits per heavy atom. The Morgan fingerprint density at radius 1 is 1.33 bits per heavy atom. The van der Waals surface area contributed by atoms with Crippen molar-refractivity contribution in [2.45, 2.75) is 47.2 Å². The van der Waals surface area contributed by atoms with Crippen LogP contribution in [0.2, 0.25) is 0 Å². The summed E-state index contributed by atoms with van der Waals surface area (Å²) in [6.07, 6.45) is 0. The highest BCUT2D eigenvalue weighted by Gasteiger charge is 2.19. The first-order valence-corrected chi connectivity index (χ1v) is 6.82. The maximum Gasteiger partial charge on any atom is 0.242 e. The SMILES string of the molecule is Cc1nn(CC(=O)NC(C)c2c(C)noc2C)c(C)c1N. The quantitative estimate of drug-likeness (QED) is 0.890. The van der Waals surface area contributed by atoms with Crippen LogP contribution in [0.1, 0.15) is 41.4 Å². The van der Waals surface area contributed by atoms with Gasteiger partial charge in [-0.1, -0.05) is 5.16 Å². The van der Waals surface area contributed by atoms with Gasteiger partial charge in [-0.25, -0.2) is 0 Å². The molecule has 0 bridgehead atoms. The van der Waals surface area contributed by atoms with Crippen LogP contribution in [-0.4, -0.2) is 20.8 Å². The molecule has 0 saturated heterocycles. The number of nitrogen functional groups attached to an aromatic ring is 1. The topological polar surface area (TPSA) is 99.0 Å². The number of nitrogens with one attached hydrogen (secondary N) is 1. The van der Waals surface area contributed by atoms with Crippen molar-refractivity contribution < 1.29 is 9.32 Å². The molecular formula is C14H21N5O2. The highest BCUT2D eigenvalue weighted by molar-refractivity contribution is 5.76. The summed E-state index contributed by atoms with van der Waals surface area (Å²) in [7, 11) is 0. The lowest BCUT2D eigenvalue weighted by molar-refractivity contribution is -0.122. The predicted molar refractivity (Wildman–Crippen MR) is 78.6 cm³/mol. The van der Waals surface area contributed by atoms with E-state index in [1.54, 1.807) is 4.68 Å². The molecule has 1 amide bonds. The number of nitrogens with two attached hydrogens (primary N) is 1. The van der Waals surface area contributed by atoms with Crippen LogP contribution in [-0.2, 0) is 11.3 Å². The maximum absolute atomic E-state index is 12.1. The monoisotopic (exact) mass is 291 g/mol. The smallest absolute Gasteiger partial charge is 0.242 e. The molecule has 0 saturated carbocycles. The van der Waals surface area contributed by atoms with Crippen LogP contribution in [0.4, 0.5) is 5.69 Å². The van der Waals surface area contributed by atoms with Gasteiger partial charge in [0.15, 0.2) is 0 Å². The molecular weight excluding hydrogens is 270 g/mol. The molecule has 0 aliphatic heterocycles. The first-order chi connectivity index (χ1) is 9.81. The van der Waals surface area contributed by atoms with Gasteiger partial charge in [0.1, 0.15) is 12.3 Å². The third-order valence-corrected chi connectivity index (χ3v) is 3.63. The van der Waals surface area contributed by atoms with Crippen molar-refractivity contribution in [3.8, 4) is 0 Å². The number of carbonyl (C=O) groups excluding carboxylic acids is 1. The second kappa shape index (κ2) is 5.59. The summed E-state index contributed by atoms with van der Waals surface area (Å²) in [5.41, 5.74) is 9.72. The molecule has 7 heteroatoms. The van der Waals surface area contributed by atoms with Crippen molar-refractivity contribution in [2.24, 2.45) is 0 Å². The van der Waals surface area contributed by atoms with Gasteiger partial charge in [0.05, 0.1) is 28.8 Å². The number of hydrogen-bond donors (Lipinski definition) is 2. The number of hydrogen-bond acceptors (Lipinski definition) is 5. The number of aryl methyl sites for hydroxylation is 3. The minimum atomic E-state index is -0.168. The first kappa shape index (κ1) is 15.1. The Kier molecular flexibility index (Phi) is 4.02. The third kappa shape index (κ3) is 2.91.